The van der Waals surface area contributed by atoms with E-state index in [-0.39, 0.29) is 0 Å². The van der Waals surface area contributed by atoms with Crippen LogP contribution in [0.3, 0.4) is 0 Å². The van der Waals surface area contributed by atoms with Gasteiger partial charge in [0, 0.05) is 0 Å². The Morgan fingerprint density at radius 3 is 2.12 bits per heavy atom. The van der Waals surface area contributed by atoms with Crippen molar-refractivity contribution in [2.24, 2.45) is 0 Å². The monoisotopic (exact) mass is 226 g/mol. The molecule has 16 heavy (non-hydrogen) atoms. The fourth-order valence-electron chi connectivity index (χ4n) is 0.782. The molecule has 0 saturated heterocycles. The van der Waals surface area contributed by atoms with Crippen LogP contribution in [0.4, 0.5) is 0 Å². The van der Waals surface area contributed by atoms with Gasteiger partial charge in [0.1, 0.15) is 0 Å². The van der Waals surface area contributed by atoms with Crippen molar-refractivity contribution >= 4 is 15.4 Å². The van der Waals surface area contributed by atoms with Gasteiger partial charge in [-0.3, -0.25) is 0 Å². The topological polar surface area (TPSA) is 69.9 Å². The SMILES string of the molecule is C=CC(C)(O)CCC=C(C)C.O[B]O[B]O. The molecule has 0 aliphatic carbocycles. The zero-order valence-electron chi connectivity index (χ0n) is 10.2. The zero-order valence-corrected chi connectivity index (χ0v) is 10.2. The molecular weight excluding hydrogens is 206 g/mol. The first kappa shape index (κ1) is 17.8. The summed E-state index contributed by atoms with van der Waals surface area (Å²) < 4.78 is 3.69. The van der Waals surface area contributed by atoms with E-state index >= 15 is 0 Å². The average Bonchev–Trinajstić information content (AvgIpc) is 2.19. The van der Waals surface area contributed by atoms with Gasteiger partial charge < -0.3 is 19.7 Å². The highest BCUT2D eigenvalue weighted by Gasteiger charge is 2.12. The Balaban J connectivity index is 0. The Kier molecular flexibility index (Phi) is 12.2. The van der Waals surface area contributed by atoms with E-state index in [1.807, 2.05) is 0 Å². The van der Waals surface area contributed by atoms with E-state index in [2.05, 4.69) is 31.1 Å². The number of aliphatic hydroxyl groups is 1. The van der Waals surface area contributed by atoms with Crippen LogP contribution in [-0.2, 0) is 4.57 Å². The number of rotatable bonds is 6. The molecule has 4 nitrogen and oxygen atoms in total. The summed E-state index contributed by atoms with van der Waals surface area (Å²) in [4.78, 5) is 0. The minimum Gasteiger partial charge on any atom is -0.456 e. The van der Waals surface area contributed by atoms with Gasteiger partial charge in [-0.1, -0.05) is 17.7 Å². The Morgan fingerprint density at radius 2 is 1.88 bits per heavy atom. The van der Waals surface area contributed by atoms with Crippen molar-refractivity contribution in [3.8, 4) is 0 Å². The van der Waals surface area contributed by atoms with Gasteiger partial charge in [0.25, 0.3) is 0 Å². The van der Waals surface area contributed by atoms with Crippen LogP contribution < -0.4 is 0 Å². The third kappa shape index (κ3) is 15.9. The van der Waals surface area contributed by atoms with Crippen molar-refractivity contribution in [2.75, 3.05) is 0 Å². The first-order valence-electron chi connectivity index (χ1n) is 4.96. The van der Waals surface area contributed by atoms with Crippen molar-refractivity contribution in [3.05, 3.63) is 24.3 Å². The molecule has 1 atom stereocenters. The molecule has 6 heteroatoms. The summed E-state index contributed by atoms with van der Waals surface area (Å²) in [7, 11) is 0.750. The molecule has 0 heterocycles. The van der Waals surface area contributed by atoms with E-state index < -0.39 is 5.60 Å². The normalized spacial score (nSPS) is 12.6. The first-order chi connectivity index (χ1) is 7.39. The Labute approximate surface area is 99.3 Å². The maximum absolute atomic E-state index is 9.49. The molecule has 2 radical (unpaired) electrons. The van der Waals surface area contributed by atoms with Crippen LogP contribution in [0, 0.1) is 0 Å². The van der Waals surface area contributed by atoms with Crippen LogP contribution in [0.15, 0.2) is 24.3 Å². The third-order valence-electron chi connectivity index (χ3n) is 1.76. The lowest BCUT2D eigenvalue weighted by Crippen LogP contribution is -2.19. The van der Waals surface area contributed by atoms with E-state index in [1.165, 1.54) is 5.57 Å². The maximum Gasteiger partial charge on any atom is 0.469 e. The minimum atomic E-state index is -0.702. The summed E-state index contributed by atoms with van der Waals surface area (Å²) in [6.45, 7) is 9.45. The molecule has 0 spiro atoms. The molecule has 0 amide bonds. The Bertz CT molecular complexity index is 199. The maximum atomic E-state index is 9.49. The summed E-state index contributed by atoms with van der Waals surface area (Å²) in [5.74, 6) is 0. The lowest BCUT2D eigenvalue weighted by atomic mass is 10.00. The van der Waals surface area contributed by atoms with Crippen molar-refractivity contribution in [1.82, 2.24) is 0 Å². The Hall–Kier alpha value is -0.550. The molecule has 0 fully saturated rings. The first-order valence-corrected chi connectivity index (χ1v) is 4.96. The quantitative estimate of drug-likeness (QED) is 0.461. The molecule has 0 bridgehead atoms. The largest absolute Gasteiger partial charge is 0.469 e. The van der Waals surface area contributed by atoms with Gasteiger partial charge in [-0.05, 0) is 33.6 Å². The average molecular weight is 226 g/mol. The predicted octanol–water partition coefficient (Wildman–Crippen LogP) is 0.726. The van der Waals surface area contributed by atoms with Gasteiger partial charge in [0.15, 0.2) is 0 Å². The summed E-state index contributed by atoms with van der Waals surface area (Å²) in [5.41, 5.74) is 0.594. The summed E-state index contributed by atoms with van der Waals surface area (Å²) in [6, 6.07) is 0. The second kappa shape index (κ2) is 11.0. The van der Waals surface area contributed by atoms with Gasteiger partial charge >= 0.3 is 15.4 Å². The van der Waals surface area contributed by atoms with E-state index in [4.69, 9.17) is 10.0 Å². The van der Waals surface area contributed by atoms with Gasteiger partial charge in [-0.2, -0.15) is 0 Å². The van der Waals surface area contributed by atoms with Crippen molar-refractivity contribution in [2.45, 2.75) is 39.2 Å². The summed E-state index contributed by atoms with van der Waals surface area (Å²) >= 11 is 0. The molecule has 0 rings (SSSR count). The van der Waals surface area contributed by atoms with Crippen LogP contribution in [-0.4, -0.2) is 36.1 Å². The van der Waals surface area contributed by atoms with Gasteiger partial charge in [-0.15, -0.1) is 6.58 Å². The minimum absolute atomic E-state index is 0.375. The van der Waals surface area contributed by atoms with E-state index in [0.717, 1.165) is 12.8 Å². The molecule has 3 N–H and O–H groups in total. The van der Waals surface area contributed by atoms with E-state index in [1.54, 1.807) is 13.0 Å². The highest BCUT2D eigenvalue weighted by molar-refractivity contribution is 6.32. The molecule has 0 aliphatic rings. The van der Waals surface area contributed by atoms with Crippen LogP contribution in [0.1, 0.15) is 33.6 Å². The van der Waals surface area contributed by atoms with E-state index in [9.17, 15) is 5.11 Å². The smallest absolute Gasteiger partial charge is 0.456 e. The lowest BCUT2D eigenvalue weighted by molar-refractivity contribution is 0.103. The molecule has 0 saturated carbocycles. The number of allylic oxidation sites excluding steroid dienone is 2. The van der Waals surface area contributed by atoms with Gasteiger partial charge in [-0.25, -0.2) is 0 Å². The van der Waals surface area contributed by atoms with Gasteiger partial charge in [0.2, 0.25) is 0 Å². The fraction of sp³-hybridized carbons (Fsp3) is 0.600. The third-order valence-corrected chi connectivity index (χ3v) is 1.76. The number of hydrogen-bond donors (Lipinski definition) is 3. The van der Waals surface area contributed by atoms with Crippen LogP contribution >= 0.6 is 0 Å². The standard InChI is InChI=1S/C10H18O.B2H2O3/c1-5-10(4,11)8-6-7-9(2)3;3-1-5-2-4/h5,7,11H,1,6,8H2,2-4H3;3-4H. The van der Waals surface area contributed by atoms with E-state index in [0.29, 0.717) is 15.4 Å². The van der Waals surface area contributed by atoms with Crippen molar-refractivity contribution in [1.29, 1.82) is 0 Å². The molecule has 0 aliphatic heterocycles. The molecule has 90 valence electrons. The molecule has 0 aromatic heterocycles. The fourth-order valence-corrected chi connectivity index (χ4v) is 0.782. The van der Waals surface area contributed by atoms with Crippen molar-refractivity contribution < 1.29 is 19.7 Å². The second-order valence-corrected chi connectivity index (χ2v) is 3.73. The summed E-state index contributed by atoms with van der Waals surface area (Å²) in [5, 5.41) is 24.5. The Morgan fingerprint density at radius 1 is 1.38 bits per heavy atom. The highest BCUT2D eigenvalue weighted by Crippen LogP contribution is 2.13. The predicted molar refractivity (Wildman–Crippen MR) is 66.5 cm³/mol. The summed E-state index contributed by atoms with van der Waals surface area (Å²) in [6.07, 6.45) is 5.38. The zero-order chi connectivity index (χ0) is 13.0. The van der Waals surface area contributed by atoms with Crippen LogP contribution in [0.2, 0.25) is 0 Å². The molecule has 1 unspecified atom stereocenters. The van der Waals surface area contributed by atoms with Crippen LogP contribution in [0.5, 0.6) is 0 Å². The second-order valence-electron chi connectivity index (χ2n) is 3.73. The van der Waals surface area contributed by atoms with Crippen molar-refractivity contribution in [3.63, 3.8) is 0 Å². The number of hydrogen-bond acceptors (Lipinski definition) is 4. The lowest BCUT2D eigenvalue weighted by Gasteiger charge is -2.16. The van der Waals surface area contributed by atoms with Crippen LogP contribution in [0.25, 0.3) is 0 Å². The molecule has 0 aromatic rings. The molecule has 0 aromatic carbocycles. The molecular formula is C10H20B2O4. The highest BCUT2D eigenvalue weighted by atomic mass is 16.5. The van der Waals surface area contributed by atoms with Gasteiger partial charge in [0.05, 0.1) is 5.60 Å².